The largest absolute Gasteiger partial charge is 0.419 e. The van der Waals surface area contributed by atoms with Crippen LogP contribution in [0.25, 0.3) is 0 Å². The van der Waals surface area contributed by atoms with Crippen LogP contribution in [0.2, 0.25) is 0 Å². The molecule has 2 rings (SSSR count). The molecule has 1 saturated heterocycles. The van der Waals surface area contributed by atoms with E-state index in [2.05, 4.69) is 5.32 Å². The Morgan fingerprint density at radius 3 is 2.36 bits per heavy atom. The average molecular weight is 345 g/mol. The number of rotatable bonds is 4. The van der Waals surface area contributed by atoms with Gasteiger partial charge in [-0.15, -0.1) is 12.4 Å². The van der Waals surface area contributed by atoms with Crippen molar-refractivity contribution in [2.45, 2.75) is 18.6 Å². The normalized spacial score (nSPS) is 17.9. The molecule has 1 aliphatic heterocycles. The van der Waals surface area contributed by atoms with Crippen molar-refractivity contribution in [1.29, 1.82) is 0 Å². The maximum atomic E-state index is 14.2. The lowest BCUT2D eigenvalue weighted by Crippen LogP contribution is -2.45. The van der Waals surface area contributed by atoms with Crippen LogP contribution in [0, 0.1) is 5.82 Å². The first kappa shape index (κ1) is 19.1. The summed E-state index contributed by atoms with van der Waals surface area (Å²) in [4.78, 5) is 1.83. The molecule has 1 aromatic carbocycles. The number of nitrogens with one attached hydrogen (secondary N) is 1. The molecule has 0 unspecified atom stereocenters. The smallest absolute Gasteiger partial charge is 0.314 e. The average Bonchev–Trinajstić information content (AvgIpc) is 2.45. The highest BCUT2D eigenvalue weighted by Crippen LogP contribution is 2.36. The van der Waals surface area contributed by atoms with E-state index in [1.54, 1.807) is 0 Å². The van der Waals surface area contributed by atoms with Crippen molar-refractivity contribution >= 4 is 12.4 Å². The summed E-state index contributed by atoms with van der Waals surface area (Å²) in [5.41, 5.74) is -1.37. The predicted octanol–water partition coefficient (Wildman–Crippen LogP) is 3.57. The Labute approximate surface area is 132 Å². The molecule has 1 heterocycles. The van der Waals surface area contributed by atoms with Crippen molar-refractivity contribution in [1.82, 2.24) is 10.2 Å². The quantitative estimate of drug-likeness (QED) is 0.840. The molecule has 1 aliphatic rings. The molecular weight excluding hydrogens is 327 g/mol. The van der Waals surface area contributed by atoms with Crippen LogP contribution in [0.15, 0.2) is 18.2 Å². The molecule has 1 atom stereocenters. The molecule has 0 bridgehead atoms. The number of piperazine rings is 1. The Balaban J connectivity index is 0.00000242. The lowest BCUT2D eigenvalue weighted by atomic mass is 9.98. The standard InChI is InChI=1S/C14H17F5N2.ClH/c15-5-4-12(21-8-6-20-7-9-21)10-2-1-3-11(13(10)16)14(17,18)19;/h1-3,12,20H,4-9H2;1H/t12-;/m1./s1. The van der Waals surface area contributed by atoms with Gasteiger partial charge >= 0.3 is 6.18 Å². The van der Waals surface area contributed by atoms with E-state index in [1.807, 2.05) is 4.90 Å². The fourth-order valence-electron chi connectivity index (χ4n) is 2.66. The van der Waals surface area contributed by atoms with Crippen LogP contribution in [-0.2, 0) is 6.18 Å². The summed E-state index contributed by atoms with van der Waals surface area (Å²) in [6.45, 7) is 1.72. The molecule has 1 aromatic rings. The zero-order valence-corrected chi connectivity index (χ0v) is 12.6. The minimum atomic E-state index is -4.75. The van der Waals surface area contributed by atoms with Gasteiger partial charge in [-0.25, -0.2) is 4.39 Å². The highest BCUT2D eigenvalue weighted by molar-refractivity contribution is 5.85. The second kappa shape index (κ2) is 8.08. The first-order valence-electron chi connectivity index (χ1n) is 6.81. The maximum Gasteiger partial charge on any atom is 0.419 e. The summed E-state index contributed by atoms with van der Waals surface area (Å²) < 4.78 is 65.3. The van der Waals surface area contributed by atoms with Crippen LogP contribution in [0.4, 0.5) is 22.0 Å². The molecule has 0 amide bonds. The van der Waals surface area contributed by atoms with Gasteiger partial charge in [0.05, 0.1) is 12.2 Å². The molecular formula is C14H18ClF5N2. The van der Waals surface area contributed by atoms with Crippen molar-refractivity contribution in [3.8, 4) is 0 Å². The van der Waals surface area contributed by atoms with Gasteiger partial charge < -0.3 is 5.32 Å². The van der Waals surface area contributed by atoms with Gasteiger partial charge in [-0.05, 0) is 12.5 Å². The number of halogens is 6. The van der Waals surface area contributed by atoms with Gasteiger partial charge in [-0.3, -0.25) is 9.29 Å². The monoisotopic (exact) mass is 344 g/mol. The minimum Gasteiger partial charge on any atom is -0.314 e. The van der Waals surface area contributed by atoms with E-state index in [0.717, 1.165) is 0 Å². The first-order valence-corrected chi connectivity index (χ1v) is 6.81. The Bertz CT molecular complexity index is 475. The van der Waals surface area contributed by atoms with Crippen molar-refractivity contribution < 1.29 is 22.0 Å². The third-order valence-electron chi connectivity index (χ3n) is 3.67. The van der Waals surface area contributed by atoms with Gasteiger partial charge in [-0.1, -0.05) is 12.1 Å². The summed E-state index contributed by atoms with van der Waals surface area (Å²) in [7, 11) is 0. The second-order valence-corrected chi connectivity index (χ2v) is 4.99. The number of benzene rings is 1. The molecule has 0 aromatic heterocycles. The van der Waals surface area contributed by atoms with Gasteiger partial charge in [0.15, 0.2) is 0 Å². The first-order chi connectivity index (χ1) is 9.95. The van der Waals surface area contributed by atoms with Crippen LogP contribution >= 0.6 is 12.4 Å². The topological polar surface area (TPSA) is 15.3 Å². The fourth-order valence-corrected chi connectivity index (χ4v) is 2.66. The lowest BCUT2D eigenvalue weighted by Gasteiger charge is -2.35. The molecule has 8 heteroatoms. The van der Waals surface area contributed by atoms with Gasteiger partial charge in [0.1, 0.15) is 5.82 Å². The Kier molecular flexibility index (Phi) is 7.02. The van der Waals surface area contributed by atoms with E-state index >= 15 is 0 Å². The Morgan fingerprint density at radius 1 is 1.18 bits per heavy atom. The molecule has 0 radical (unpaired) electrons. The van der Waals surface area contributed by atoms with Crippen LogP contribution in [0.3, 0.4) is 0 Å². The number of nitrogens with zero attached hydrogens (tertiary/aromatic N) is 1. The predicted molar refractivity (Wildman–Crippen MR) is 76.4 cm³/mol. The van der Waals surface area contributed by atoms with Crippen LogP contribution in [-0.4, -0.2) is 37.8 Å². The highest BCUT2D eigenvalue weighted by Gasteiger charge is 2.36. The number of hydrogen-bond donors (Lipinski definition) is 1. The van der Waals surface area contributed by atoms with Crippen molar-refractivity contribution in [3.05, 3.63) is 35.1 Å². The zero-order valence-electron chi connectivity index (χ0n) is 11.8. The van der Waals surface area contributed by atoms with E-state index in [-0.39, 0.29) is 24.4 Å². The third-order valence-corrected chi connectivity index (χ3v) is 3.67. The number of alkyl halides is 4. The second-order valence-electron chi connectivity index (χ2n) is 4.99. The molecule has 2 nitrogen and oxygen atoms in total. The summed E-state index contributed by atoms with van der Waals surface area (Å²) in [6, 6.07) is 2.53. The maximum absolute atomic E-state index is 14.2. The van der Waals surface area contributed by atoms with Gasteiger partial charge in [-0.2, -0.15) is 13.2 Å². The number of hydrogen-bond acceptors (Lipinski definition) is 2. The van der Waals surface area contributed by atoms with Crippen molar-refractivity contribution in [3.63, 3.8) is 0 Å². The van der Waals surface area contributed by atoms with E-state index in [1.165, 1.54) is 12.1 Å². The van der Waals surface area contributed by atoms with Crippen molar-refractivity contribution in [2.24, 2.45) is 0 Å². The van der Waals surface area contributed by atoms with E-state index in [4.69, 9.17) is 0 Å². The van der Waals surface area contributed by atoms with Crippen molar-refractivity contribution in [2.75, 3.05) is 32.9 Å². The Hall–Kier alpha value is -0.920. The zero-order chi connectivity index (χ0) is 15.5. The summed E-state index contributed by atoms with van der Waals surface area (Å²) >= 11 is 0. The fraction of sp³-hybridized carbons (Fsp3) is 0.571. The molecule has 22 heavy (non-hydrogen) atoms. The molecule has 126 valence electrons. The molecule has 0 aliphatic carbocycles. The highest BCUT2D eigenvalue weighted by atomic mass is 35.5. The van der Waals surface area contributed by atoms with E-state index in [9.17, 15) is 22.0 Å². The van der Waals surface area contributed by atoms with Crippen LogP contribution < -0.4 is 5.32 Å². The summed E-state index contributed by atoms with van der Waals surface area (Å²) in [5, 5.41) is 3.10. The van der Waals surface area contributed by atoms with E-state index < -0.39 is 30.3 Å². The van der Waals surface area contributed by atoms with E-state index in [0.29, 0.717) is 32.2 Å². The molecule has 1 N–H and O–H groups in total. The van der Waals surface area contributed by atoms with Gasteiger partial charge in [0, 0.05) is 37.8 Å². The minimum absolute atomic E-state index is 0. The lowest BCUT2D eigenvalue weighted by molar-refractivity contribution is -0.140. The van der Waals surface area contributed by atoms with Gasteiger partial charge in [0.25, 0.3) is 0 Å². The molecule has 0 saturated carbocycles. The SMILES string of the molecule is Cl.FCC[C@H](c1cccc(C(F)(F)F)c1F)N1CCNCC1. The third kappa shape index (κ3) is 4.30. The van der Waals surface area contributed by atoms with Crippen LogP contribution in [0.1, 0.15) is 23.6 Å². The van der Waals surface area contributed by atoms with Crippen LogP contribution in [0.5, 0.6) is 0 Å². The molecule has 1 fully saturated rings. The summed E-state index contributed by atoms with van der Waals surface area (Å²) in [6.07, 6.45) is -4.76. The Morgan fingerprint density at radius 2 is 1.82 bits per heavy atom. The summed E-state index contributed by atoms with van der Waals surface area (Å²) in [5.74, 6) is -1.29. The van der Waals surface area contributed by atoms with Gasteiger partial charge in [0.2, 0.25) is 0 Å². The molecule has 0 spiro atoms.